The van der Waals surface area contributed by atoms with Gasteiger partial charge in [-0.05, 0) is 30.3 Å². The van der Waals surface area contributed by atoms with Gasteiger partial charge in [0.25, 0.3) is 5.91 Å². The van der Waals surface area contributed by atoms with Crippen molar-refractivity contribution in [2.75, 3.05) is 37.7 Å². The molecule has 3 rings (SSSR count). The number of carbonyl (C=O) groups excluding carboxylic acids is 2. The third kappa shape index (κ3) is 4.67. The molecule has 0 atom stereocenters. The van der Waals surface area contributed by atoms with Gasteiger partial charge in [0.05, 0.1) is 17.0 Å². The van der Waals surface area contributed by atoms with E-state index in [0.717, 1.165) is 5.69 Å². The highest BCUT2D eigenvalue weighted by molar-refractivity contribution is 6.33. The molecule has 26 heavy (non-hydrogen) atoms. The summed E-state index contributed by atoms with van der Waals surface area (Å²) in [5, 5.41) is 0.699. The Morgan fingerprint density at radius 1 is 1.12 bits per heavy atom. The largest absolute Gasteiger partial charge is 0.465 e. The van der Waals surface area contributed by atoms with Crippen molar-refractivity contribution >= 4 is 35.2 Å². The van der Waals surface area contributed by atoms with Gasteiger partial charge in [-0.3, -0.25) is 4.79 Å². The second-order valence-electron chi connectivity index (χ2n) is 5.78. The number of anilines is 1. The Hall–Kier alpha value is -2.73. The molecular formula is C19H19ClN2O4. The second kappa shape index (κ2) is 8.58. The number of rotatable bonds is 5. The zero-order valence-electron chi connectivity index (χ0n) is 14.1. The van der Waals surface area contributed by atoms with Gasteiger partial charge in [-0.2, -0.15) is 0 Å². The van der Waals surface area contributed by atoms with Crippen LogP contribution in [0, 0.1) is 0 Å². The minimum absolute atomic E-state index is 0.205. The van der Waals surface area contributed by atoms with E-state index in [-0.39, 0.29) is 12.5 Å². The van der Waals surface area contributed by atoms with Crippen molar-refractivity contribution in [3.05, 3.63) is 59.5 Å². The summed E-state index contributed by atoms with van der Waals surface area (Å²) in [6.07, 6.45) is 4.24. The number of carbonyl (C=O) groups is 2. The number of piperazine rings is 1. The first-order chi connectivity index (χ1) is 12.6. The molecule has 0 unspecified atom stereocenters. The fourth-order valence-electron chi connectivity index (χ4n) is 2.71. The van der Waals surface area contributed by atoms with Gasteiger partial charge in [-0.15, -0.1) is 0 Å². The second-order valence-corrected chi connectivity index (χ2v) is 6.18. The normalized spacial score (nSPS) is 14.7. The van der Waals surface area contributed by atoms with E-state index in [2.05, 4.69) is 4.90 Å². The first-order valence-corrected chi connectivity index (χ1v) is 8.67. The minimum atomic E-state index is -0.579. The first kappa shape index (κ1) is 18.1. The van der Waals surface area contributed by atoms with Gasteiger partial charge in [0.2, 0.25) is 0 Å². The summed E-state index contributed by atoms with van der Waals surface area (Å²) in [6.45, 7) is 2.21. The Balaban J connectivity index is 1.44. The van der Waals surface area contributed by atoms with Crippen LogP contribution in [0.3, 0.4) is 0 Å². The number of furan rings is 1. The number of ether oxygens (including phenoxy) is 1. The maximum absolute atomic E-state index is 12.2. The van der Waals surface area contributed by atoms with Crippen LogP contribution in [0.15, 0.2) is 53.2 Å². The summed E-state index contributed by atoms with van der Waals surface area (Å²) in [4.78, 5) is 27.7. The van der Waals surface area contributed by atoms with Crippen LogP contribution >= 0.6 is 11.6 Å². The quantitative estimate of drug-likeness (QED) is 0.595. The van der Waals surface area contributed by atoms with Crippen LogP contribution < -0.4 is 4.90 Å². The van der Waals surface area contributed by atoms with Gasteiger partial charge in [-0.1, -0.05) is 23.7 Å². The number of para-hydroxylation sites is 1. The monoisotopic (exact) mass is 374 g/mol. The smallest absolute Gasteiger partial charge is 0.331 e. The van der Waals surface area contributed by atoms with Crippen LogP contribution in [0.25, 0.3) is 6.08 Å². The highest BCUT2D eigenvalue weighted by Crippen LogP contribution is 2.25. The van der Waals surface area contributed by atoms with E-state index < -0.39 is 5.97 Å². The molecule has 0 bridgehead atoms. The fourth-order valence-corrected chi connectivity index (χ4v) is 2.97. The average Bonchev–Trinajstić information content (AvgIpc) is 3.18. The summed E-state index contributed by atoms with van der Waals surface area (Å²) in [7, 11) is 0. The molecule has 1 aromatic heterocycles. The van der Waals surface area contributed by atoms with Crippen LogP contribution in [0.1, 0.15) is 5.76 Å². The van der Waals surface area contributed by atoms with Crippen molar-refractivity contribution in [2.45, 2.75) is 0 Å². The topological polar surface area (TPSA) is 63.0 Å². The number of nitrogens with zero attached hydrogens (tertiary/aromatic N) is 2. The third-order valence-electron chi connectivity index (χ3n) is 4.09. The maximum atomic E-state index is 12.2. The predicted molar refractivity (Wildman–Crippen MR) is 98.9 cm³/mol. The molecule has 1 saturated heterocycles. The lowest BCUT2D eigenvalue weighted by Gasteiger charge is -2.36. The Kier molecular flexibility index (Phi) is 5.96. The van der Waals surface area contributed by atoms with E-state index in [1.54, 1.807) is 17.0 Å². The van der Waals surface area contributed by atoms with Gasteiger partial charge >= 0.3 is 5.97 Å². The highest BCUT2D eigenvalue weighted by Gasteiger charge is 2.22. The lowest BCUT2D eigenvalue weighted by Crippen LogP contribution is -2.50. The number of hydrogen-bond donors (Lipinski definition) is 0. The van der Waals surface area contributed by atoms with Crippen molar-refractivity contribution in [1.29, 1.82) is 0 Å². The van der Waals surface area contributed by atoms with E-state index in [0.29, 0.717) is 37.0 Å². The summed E-state index contributed by atoms with van der Waals surface area (Å²) in [6, 6.07) is 11.1. The van der Waals surface area contributed by atoms with Gasteiger partial charge in [0.1, 0.15) is 5.76 Å². The maximum Gasteiger partial charge on any atom is 0.331 e. The molecule has 0 saturated carbocycles. The van der Waals surface area contributed by atoms with Gasteiger partial charge in [-0.25, -0.2) is 4.79 Å². The molecule has 1 aromatic carbocycles. The summed E-state index contributed by atoms with van der Waals surface area (Å²) in [5.74, 6) is -0.239. The molecule has 6 nitrogen and oxygen atoms in total. The number of hydrogen-bond acceptors (Lipinski definition) is 5. The first-order valence-electron chi connectivity index (χ1n) is 8.29. The van der Waals surface area contributed by atoms with Crippen molar-refractivity contribution in [1.82, 2.24) is 4.90 Å². The van der Waals surface area contributed by atoms with Crippen LogP contribution in [-0.4, -0.2) is 49.6 Å². The lowest BCUT2D eigenvalue weighted by atomic mass is 10.2. The SMILES string of the molecule is O=C(/C=C/c1ccco1)OCC(=O)N1CCN(c2ccccc2Cl)CC1. The molecule has 0 spiro atoms. The number of esters is 1. The lowest BCUT2D eigenvalue weighted by molar-refractivity contribution is -0.148. The van der Waals surface area contributed by atoms with E-state index in [1.165, 1.54) is 18.4 Å². The molecule has 1 aliphatic heterocycles. The zero-order valence-corrected chi connectivity index (χ0v) is 14.9. The van der Waals surface area contributed by atoms with Gasteiger partial charge < -0.3 is 19.0 Å². The van der Waals surface area contributed by atoms with E-state index in [9.17, 15) is 9.59 Å². The molecule has 2 heterocycles. The van der Waals surface area contributed by atoms with Crippen molar-refractivity contribution in [3.63, 3.8) is 0 Å². The van der Waals surface area contributed by atoms with Crippen LogP contribution in [-0.2, 0) is 14.3 Å². The standard InChI is InChI=1S/C19H19ClN2O4/c20-16-5-1-2-6-17(16)21-9-11-22(12-10-21)18(23)14-26-19(24)8-7-15-4-3-13-25-15/h1-8,13H,9-12,14H2/b8-7+. The Morgan fingerprint density at radius 2 is 1.88 bits per heavy atom. The zero-order chi connectivity index (χ0) is 18.4. The summed E-state index contributed by atoms with van der Waals surface area (Å²) < 4.78 is 10.1. The molecule has 2 aromatic rings. The van der Waals surface area contributed by atoms with Crippen LogP contribution in [0.4, 0.5) is 5.69 Å². The Morgan fingerprint density at radius 3 is 2.58 bits per heavy atom. The van der Waals surface area contributed by atoms with Crippen molar-refractivity contribution in [3.8, 4) is 0 Å². The molecule has 1 amide bonds. The number of amides is 1. The van der Waals surface area contributed by atoms with Gasteiger partial charge in [0.15, 0.2) is 6.61 Å². The summed E-state index contributed by atoms with van der Waals surface area (Å²) >= 11 is 6.21. The number of benzene rings is 1. The molecule has 1 fully saturated rings. The number of halogens is 1. The Bertz CT molecular complexity index is 781. The van der Waals surface area contributed by atoms with Gasteiger partial charge in [0, 0.05) is 32.3 Å². The Labute approximate surface area is 156 Å². The van der Waals surface area contributed by atoms with Crippen LogP contribution in [0.2, 0.25) is 5.02 Å². The highest BCUT2D eigenvalue weighted by atomic mass is 35.5. The summed E-state index contributed by atoms with van der Waals surface area (Å²) in [5.41, 5.74) is 0.968. The molecule has 0 aliphatic carbocycles. The third-order valence-corrected chi connectivity index (χ3v) is 4.41. The van der Waals surface area contributed by atoms with E-state index >= 15 is 0 Å². The predicted octanol–water partition coefficient (Wildman–Crippen LogP) is 2.84. The van der Waals surface area contributed by atoms with E-state index in [1.807, 2.05) is 24.3 Å². The molecule has 136 valence electrons. The molecule has 0 radical (unpaired) electrons. The molecule has 1 aliphatic rings. The fraction of sp³-hybridized carbons (Fsp3) is 0.263. The van der Waals surface area contributed by atoms with Crippen molar-refractivity contribution in [2.24, 2.45) is 0 Å². The molecular weight excluding hydrogens is 356 g/mol. The van der Waals surface area contributed by atoms with Crippen LogP contribution in [0.5, 0.6) is 0 Å². The van der Waals surface area contributed by atoms with Crippen molar-refractivity contribution < 1.29 is 18.7 Å². The minimum Gasteiger partial charge on any atom is -0.465 e. The van der Waals surface area contributed by atoms with E-state index in [4.69, 9.17) is 20.8 Å². The average molecular weight is 375 g/mol. The molecule has 0 N–H and O–H groups in total. The molecule has 7 heteroatoms.